The predicted octanol–water partition coefficient (Wildman–Crippen LogP) is 2.65. The number of hydrogen-bond donors (Lipinski definition) is 1. The van der Waals surface area contributed by atoms with Gasteiger partial charge in [0.25, 0.3) is 0 Å². The first-order valence-electron chi connectivity index (χ1n) is 8.00. The van der Waals surface area contributed by atoms with E-state index in [1.807, 2.05) is 16.8 Å². The second-order valence-corrected chi connectivity index (χ2v) is 5.81. The summed E-state index contributed by atoms with van der Waals surface area (Å²) in [5.74, 6) is 1.84. The minimum atomic E-state index is 0.121. The first-order valence-corrected chi connectivity index (χ1v) is 8.00. The third-order valence-electron chi connectivity index (χ3n) is 3.78. The van der Waals surface area contributed by atoms with Crippen molar-refractivity contribution in [3.63, 3.8) is 0 Å². The molecule has 1 aromatic carbocycles. The fourth-order valence-corrected chi connectivity index (χ4v) is 2.39. The zero-order valence-electron chi connectivity index (χ0n) is 13.2. The second-order valence-electron chi connectivity index (χ2n) is 5.81. The molecular weight excluding hydrogens is 278 g/mol. The van der Waals surface area contributed by atoms with Gasteiger partial charge in [-0.1, -0.05) is 19.1 Å². The van der Waals surface area contributed by atoms with Gasteiger partial charge in [-0.15, -0.1) is 5.10 Å². The van der Waals surface area contributed by atoms with Crippen LogP contribution in [0.5, 0.6) is 5.75 Å². The van der Waals surface area contributed by atoms with Crippen molar-refractivity contribution in [2.45, 2.75) is 51.7 Å². The van der Waals surface area contributed by atoms with Crippen molar-refractivity contribution < 1.29 is 4.74 Å². The van der Waals surface area contributed by atoms with Crippen LogP contribution in [0.3, 0.4) is 0 Å². The molecule has 6 heteroatoms. The molecule has 0 spiro atoms. The SMILES string of the molecule is CCCOc1cccc(CN[C@@H](C)c2nnnn2C2CC2)c1. The molecular formula is C16H23N5O. The Bertz CT molecular complexity index is 608. The van der Waals surface area contributed by atoms with Crippen molar-refractivity contribution in [1.29, 1.82) is 0 Å². The van der Waals surface area contributed by atoms with Crippen LogP contribution < -0.4 is 10.1 Å². The number of nitrogens with zero attached hydrogens (tertiary/aromatic N) is 4. The van der Waals surface area contributed by atoms with Gasteiger partial charge in [0.05, 0.1) is 18.7 Å². The molecule has 0 aliphatic heterocycles. The maximum atomic E-state index is 5.67. The molecule has 1 saturated carbocycles. The highest BCUT2D eigenvalue weighted by Crippen LogP contribution is 2.35. The number of tetrazole rings is 1. The van der Waals surface area contributed by atoms with E-state index in [0.29, 0.717) is 6.04 Å². The molecule has 1 fully saturated rings. The minimum Gasteiger partial charge on any atom is -0.494 e. The number of nitrogens with one attached hydrogen (secondary N) is 1. The van der Waals surface area contributed by atoms with Gasteiger partial charge in [-0.05, 0) is 54.3 Å². The Labute approximate surface area is 130 Å². The van der Waals surface area contributed by atoms with Gasteiger partial charge in [-0.25, -0.2) is 4.68 Å². The van der Waals surface area contributed by atoms with E-state index < -0.39 is 0 Å². The predicted molar refractivity (Wildman–Crippen MR) is 83.6 cm³/mol. The topological polar surface area (TPSA) is 64.9 Å². The fourth-order valence-electron chi connectivity index (χ4n) is 2.39. The molecule has 0 amide bonds. The van der Waals surface area contributed by atoms with Crippen molar-refractivity contribution in [3.8, 4) is 5.75 Å². The van der Waals surface area contributed by atoms with Crippen molar-refractivity contribution in [2.24, 2.45) is 0 Å². The van der Waals surface area contributed by atoms with Gasteiger partial charge in [-0.2, -0.15) is 0 Å². The summed E-state index contributed by atoms with van der Waals surface area (Å²) < 4.78 is 7.63. The average Bonchev–Trinajstić information content (AvgIpc) is 3.28. The Hall–Kier alpha value is -1.95. The average molecular weight is 301 g/mol. The Balaban J connectivity index is 1.58. The standard InChI is InChI=1S/C16H23N5O/c1-3-9-22-15-6-4-5-13(10-15)11-17-12(2)16-18-19-20-21(16)14-7-8-14/h4-6,10,12,14,17H,3,7-9,11H2,1-2H3/t12-/m0/s1. The molecule has 6 nitrogen and oxygen atoms in total. The van der Waals surface area contributed by atoms with Crippen molar-refractivity contribution in [1.82, 2.24) is 25.5 Å². The molecule has 0 unspecified atom stereocenters. The lowest BCUT2D eigenvalue weighted by atomic mass is 10.2. The number of hydrogen-bond acceptors (Lipinski definition) is 5. The zero-order valence-corrected chi connectivity index (χ0v) is 13.2. The van der Waals surface area contributed by atoms with E-state index in [1.54, 1.807) is 0 Å². The lowest BCUT2D eigenvalue weighted by molar-refractivity contribution is 0.317. The molecule has 1 aromatic heterocycles. The van der Waals surface area contributed by atoms with Crippen LogP contribution in [0.4, 0.5) is 0 Å². The Morgan fingerprint density at radius 1 is 1.41 bits per heavy atom. The molecule has 1 heterocycles. The van der Waals surface area contributed by atoms with Crippen molar-refractivity contribution in [2.75, 3.05) is 6.61 Å². The summed E-state index contributed by atoms with van der Waals surface area (Å²) in [5, 5.41) is 15.6. The summed E-state index contributed by atoms with van der Waals surface area (Å²) in [6, 6.07) is 8.83. The Kier molecular flexibility index (Phi) is 4.68. The lowest BCUT2D eigenvalue weighted by Gasteiger charge is -2.14. The van der Waals surface area contributed by atoms with Crippen LogP contribution in [-0.4, -0.2) is 26.8 Å². The quantitative estimate of drug-likeness (QED) is 0.812. The van der Waals surface area contributed by atoms with E-state index in [4.69, 9.17) is 4.74 Å². The van der Waals surface area contributed by atoms with Crippen LogP contribution >= 0.6 is 0 Å². The normalized spacial score (nSPS) is 15.7. The molecule has 1 N–H and O–H groups in total. The van der Waals surface area contributed by atoms with E-state index in [2.05, 4.69) is 46.8 Å². The van der Waals surface area contributed by atoms with Crippen LogP contribution in [0.15, 0.2) is 24.3 Å². The van der Waals surface area contributed by atoms with Crippen molar-refractivity contribution >= 4 is 0 Å². The molecule has 2 aromatic rings. The van der Waals surface area contributed by atoms with Crippen molar-refractivity contribution in [3.05, 3.63) is 35.7 Å². The molecule has 0 bridgehead atoms. The molecule has 1 aliphatic rings. The first kappa shape index (κ1) is 15.0. The fraction of sp³-hybridized carbons (Fsp3) is 0.562. The molecule has 0 saturated heterocycles. The molecule has 3 rings (SSSR count). The number of rotatable bonds is 8. The molecule has 22 heavy (non-hydrogen) atoms. The third kappa shape index (κ3) is 3.62. The minimum absolute atomic E-state index is 0.121. The van der Waals surface area contributed by atoms with Gasteiger partial charge in [0, 0.05) is 6.54 Å². The van der Waals surface area contributed by atoms with Gasteiger partial charge in [0.1, 0.15) is 5.75 Å². The van der Waals surface area contributed by atoms with Gasteiger partial charge < -0.3 is 10.1 Å². The maximum Gasteiger partial charge on any atom is 0.168 e. The van der Waals surface area contributed by atoms with Gasteiger partial charge in [0.15, 0.2) is 5.82 Å². The van der Waals surface area contributed by atoms with E-state index >= 15 is 0 Å². The summed E-state index contributed by atoms with van der Waals surface area (Å²) in [7, 11) is 0. The van der Waals surface area contributed by atoms with E-state index in [-0.39, 0.29) is 6.04 Å². The summed E-state index contributed by atoms with van der Waals surface area (Å²) >= 11 is 0. The number of benzene rings is 1. The summed E-state index contributed by atoms with van der Waals surface area (Å²) in [6.45, 7) is 5.73. The highest BCUT2D eigenvalue weighted by atomic mass is 16.5. The zero-order chi connectivity index (χ0) is 15.4. The van der Waals surface area contributed by atoms with Gasteiger partial charge in [0.2, 0.25) is 0 Å². The summed E-state index contributed by atoms with van der Waals surface area (Å²) in [5.41, 5.74) is 1.20. The lowest BCUT2D eigenvalue weighted by Crippen LogP contribution is -2.22. The summed E-state index contributed by atoms with van der Waals surface area (Å²) in [4.78, 5) is 0. The van der Waals surface area contributed by atoms with Crippen LogP contribution in [-0.2, 0) is 6.54 Å². The molecule has 118 valence electrons. The maximum absolute atomic E-state index is 5.67. The molecule has 0 radical (unpaired) electrons. The highest BCUT2D eigenvalue weighted by Gasteiger charge is 2.29. The monoisotopic (exact) mass is 301 g/mol. The number of ether oxygens (including phenoxy) is 1. The summed E-state index contributed by atoms with van der Waals surface area (Å²) in [6.07, 6.45) is 3.38. The van der Waals surface area contributed by atoms with Gasteiger partial charge >= 0.3 is 0 Å². The molecule has 1 atom stereocenters. The van der Waals surface area contributed by atoms with Crippen LogP contribution in [0.1, 0.15) is 56.6 Å². The first-order chi connectivity index (χ1) is 10.8. The van der Waals surface area contributed by atoms with E-state index in [9.17, 15) is 0 Å². The van der Waals surface area contributed by atoms with Crippen LogP contribution in [0.2, 0.25) is 0 Å². The van der Waals surface area contributed by atoms with E-state index in [1.165, 1.54) is 18.4 Å². The highest BCUT2D eigenvalue weighted by molar-refractivity contribution is 5.28. The number of aromatic nitrogens is 4. The van der Waals surface area contributed by atoms with E-state index in [0.717, 1.165) is 31.1 Å². The smallest absolute Gasteiger partial charge is 0.168 e. The van der Waals surface area contributed by atoms with Crippen LogP contribution in [0.25, 0.3) is 0 Å². The largest absolute Gasteiger partial charge is 0.494 e. The third-order valence-corrected chi connectivity index (χ3v) is 3.78. The molecule has 1 aliphatic carbocycles. The van der Waals surface area contributed by atoms with Crippen LogP contribution in [0, 0.1) is 0 Å². The Morgan fingerprint density at radius 2 is 2.27 bits per heavy atom. The Morgan fingerprint density at radius 3 is 3.05 bits per heavy atom. The second kappa shape index (κ2) is 6.87. The van der Waals surface area contributed by atoms with Gasteiger partial charge in [-0.3, -0.25) is 0 Å².